The molecule has 3 rings (SSSR count). The molecule has 96 valence electrons. The second-order valence-corrected chi connectivity index (χ2v) is 6.36. The van der Waals surface area contributed by atoms with Crippen LogP contribution in [0.15, 0.2) is 28.9 Å². The number of carbonyl (C=O) groups is 1. The summed E-state index contributed by atoms with van der Waals surface area (Å²) in [5.74, 6) is 0.260. The van der Waals surface area contributed by atoms with Gasteiger partial charge in [0.25, 0.3) is 0 Å². The molecule has 2 unspecified atom stereocenters. The molecule has 0 radical (unpaired) electrons. The minimum absolute atomic E-state index is 0.0983. The Labute approximate surface area is 108 Å². The number of hydrogen-bond acceptors (Lipinski definition) is 3. The average molecular weight is 244 g/mol. The van der Waals surface area contributed by atoms with Gasteiger partial charge in [-0.05, 0) is 30.8 Å². The minimum atomic E-state index is 0.0983. The minimum Gasteiger partial charge on any atom is -0.301 e. The van der Waals surface area contributed by atoms with Crippen molar-refractivity contribution >= 4 is 11.5 Å². The summed E-state index contributed by atoms with van der Waals surface area (Å²) in [5.41, 5.74) is 2.06. The smallest absolute Gasteiger partial charge is 0.162 e. The standard InChI is InChI=1S/C15H20N2O/c1-15(2)7-13-10(14(18)8-15)9-16-11-5-3-4-6-12(11)17-13/h3,5,9,12-13,17H,4,6-8H2,1-2H3. The third-order valence-electron chi connectivity index (χ3n) is 4.12. The van der Waals surface area contributed by atoms with Gasteiger partial charge >= 0.3 is 0 Å². The maximum atomic E-state index is 12.2. The van der Waals surface area contributed by atoms with Gasteiger partial charge in [0.05, 0.1) is 11.8 Å². The lowest BCUT2D eigenvalue weighted by Gasteiger charge is -2.37. The van der Waals surface area contributed by atoms with Gasteiger partial charge in [-0.15, -0.1) is 0 Å². The summed E-state index contributed by atoms with van der Waals surface area (Å²) in [7, 11) is 0. The number of hydrogen-bond donors (Lipinski definition) is 1. The Hall–Kier alpha value is -1.22. The fourth-order valence-electron chi connectivity index (χ4n) is 3.20. The summed E-state index contributed by atoms with van der Waals surface area (Å²) >= 11 is 0. The van der Waals surface area contributed by atoms with Crippen molar-refractivity contribution in [2.24, 2.45) is 10.4 Å². The van der Waals surface area contributed by atoms with Crippen LogP contribution in [0.4, 0.5) is 0 Å². The number of fused-ring (bicyclic) bond motifs is 2. The molecule has 0 aromatic rings. The summed E-state index contributed by atoms with van der Waals surface area (Å²) in [5, 5.41) is 3.63. The van der Waals surface area contributed by atoms with Gasteiger partial charge < -0.3 is 5.32 Å². The molecule has 18 heavy (non-hydrogen) atoms. The Morgan fingerprint density at radius 1 is 1.39 bits per heavy atom. The molecule has 0 aromatic heterocycles. The molecule has 0 bridgehead atoms. The SMILES string of the molecule is CC1(C)CC(=O)C2=CN=C3C=CCCC3NC2C1. The molecule has 1 fully saturated rings. The van der Waals surface area contributed by atoms with Gasteiger partial charge in [-0.2, -0.15) is 0 Å². The van der Waals surface area contributed by atoms with E-state index in [0.29, 0.717) is 12.5 Å². The number of nitrogens with zero attached hydrogens (tertiary/aromatic N) is 1. The van der Waals surface area contributed by atoms with Gasteiger partial charge in [0.15, 0.2) is 5.78 Å². The van der Waals surface area contributed by atoms with Gasteiger partial charge in [-0.1, -0.05) is 19.9 Å². The van der Waals surface area contributed by atoms with Crippen LogP contribution in [0.5, 0.6) is 0 Å². The highest BCUT2D eigenvalue weighted by Crippen LogP contribution is 2.37. The number of rotatable bonds is 0. The van der Waals surface area contributed by atoms with E-state index in [1.54, 1.807) is 6.20 Å². The Morgan fingerprint density at radius 2 is 2.22 bits per heavy atom. The first-order valence-electron chi connectivity index (χ1n) is 6.79. The molecule has 0 spiro atoms. The van der Waals surface area contributed by atoms with E-state index in [2.05, 4.69) is 36.3 Å². The maximum absolute atomic E-state index is 12.2. The van der Waals surface area contributed by atoms with Crippen molar-refractivity contribution in [3.63, 3.8) is 0 Å². The topological polar surface area (TPSA) is 41.5 Å². The van der Waals surface area contributed by atoms with Crippen molar-refractivity contribution in [1.82, 2.24) is 5.32 Å². The predicted molar refractivity (Wildman–Crippen MR) is 72.6 cm³/mol. The Kier molecular flexibility index (Phi) is 2.74. The molecular formula is C15H20N2O. The van der Waals surface area contributed by atoms with E-state index in [4.69, 9.17) is 0 Å². The number of aliphatic imine (C=N–C) groups is 1. The van der Waals surface area contributed by atoms with Crippen LogP contribution in [0.3, 0.4) is 0 Å². The summed E-state index contributed by atoms with van der Waals surface area (Å²) in [6.07, 6.45) is 9.90. The largest absolute Gasteiger partial charge is 0.301 e. The van der Waals surface area contributed by atoms with Gasteiger partial charge in [0.1, 0.15) is 0 Å². The molecule has 0 saturated heterocycles. The molecule has 2 aliphatic carbocycles. The maximum Gasteiger partial charge on any atom is 0.162 e. The van der Waals surface area contributed by atoms with Gasteiger partial charge in [-0.3, -0.25) is 9.79 Å². The zero-order chi connectivity index (χ0) is 12.8. The predicted octanol–water partition coefficient (Wildman–Crippen LogP) is 2.39. The summed E-state index contributed by atoms with van der Waals surface area (Å²) in [6.45, 7) is 4.35. The first-order valence-corrected chi connectivity index (χ1v) is 6.79. The highest BCUT2D eigenvalue weighted by Gasteiger charge is 2.38. The summed E-state index contributed by atoms with van der Waals surface area (Å²) in [4.78, 5) is 16.7. The molecule has 3 nitrogen and oxygen atoms in total. The van der Waals surface area contributed by atoms with E-state index >= 15 is 0 Å². The molecule has 1 heterocycles. The van der Waals surface area contributed by atoms with E-state index in [9.17, 15) is 4.79 Å². The van der Waals surface area contributed by atoms with Gasteiger partial charge in [0.2, 0.25) is 0 Å². The van der Waals surface area contributed by atoms with E-state index < -0.39 is 0 Å². The highest BCUT2D eigenvalue weighted by atomic mass is 16.1. The molecule has 0 amide bonds. The lowest BCUT2D eigenvalue weighted by molar-refractivity contribution is -0.119. The van der Waals surface area contributed by atoms with Gasteiger partial charge in [0, 0.05) is 24.2 Å². The van der Waals surface area contributed by atoms with Crippen LogP contribution in [0.25, 0.3) is 0 Å². The van der Waals surface area contributed by atoms with Crippen molar-refractivity contribution in [2.45, 2.75) is 51.6 Å². The van der Waals surface area contributed by atoms with Crippen molar-refractivity contribution in [3.05, 3.63) is 23.9 Å². The zero-order valence-electron chi connectivity index (χ0n) is 11.1. The van der Waals surface area contributed by atoms with Crippen LogP contribution in [0, 0.1) is 5.41 Å². The van der Waals surface area contributed by atoms with Crippen LogP contribution < -0.4 is 5.32 Å². The number of ketones is 1. The van der Waals surface area contributed by atoms with Crippen LogP contribution >= 0.6 is 0 Å². The number of Topliss-reactive ketones (excluding diaryl/α,β-unsaturated/α-hetero) is 1. The van der Waals surface area contributed by atoms with Crippen LogP contribution in [-0.4, -0.2) is 23.6 Å². The number of allylic oxidation sites excluding steroid dienone is 1. The molecule has 0 aromatic carbocycles. The van der Waals surface area contributed by atoms with E-state index in [-0.39, 0.29) is 17.2 Å². The lowest BCUT2D eigenvalue weighted by atomic mass is 9.72. The number of carbonyl (C=O) groups excluding carboxylic acids is 1. The van der Waals surface area contributed by atoms with Crippen molar-refractivity contribution in [1.29, 1.82) is 0 Å². The quantitative estimate of drug-likeness (QED) is 0.711. The molecule has 1 N–H and O–H groups in total. The highest BCUT2D eigenvalue weighted by molar-refractivity contribution is 6.03. The fourth-order valence-corrected chi connectivity index (χ4v) is 3.20. The molecule has 1 aliphatic heterocycles. The molecular weight excluding hydrogens is 224 g/mol. The normalized spacial score (nSPS) is 34.0. The molecule has 2 atom stereocenters. The second kappa shape index (κ2) is 4.16. The summed E-state index contributed by atoms with van der Waals surface area (Å²) in [6, 6.07) is 0.495. The third-order valence-corrected chi connectivity index (χ3v) is 4.12. The Morgan fingerprint density at radius 3 is 3.06 bits per heavy atom. The Bertz CT molecular complexity index is 471. The second-order valence-electron chi connectivity index (χ2n) is 6.36. The average Bonchev–Trinajstić information content (AvgIpc) is 2.46. The van der Waals surface area contributed by atoms with E-state index in [1.807, 2.05) is 0 Å². The van der Waals surface area contributed by atoms with E-state index in [0.717, 1.165) is 30.5 Å². The van der Waals surface area contributed by atoms with Crippen molar-refractivity contribution in [3.8, 4) is 0 Å². The monoisotopic (exact) mass is 244 g/mol. The van der Waals surface area contributed by atoms with Crippen LogP contribution in [0.2, 0.25) is 0 Å². The van der Waals surface area contributed by atoms with Gasteiger partial charge in [-0.25, -0.2) is 0 Å². The fraction of sp³-hybridized carbons (Fsp3) is 0.600. The van der Waals surface area contributed by atoms with Crippen molar-refractivity contribution < 1.29 is 4.79 Å². The van der Waals surface area contributed by atoms with E-state index in [1.165, 1.54) is 0 Å². The number of nitrogens with one attached hydrogen (secondary N) is 1. The summed E-state index contributed by atoms with van der Waals surface area (Å²) < 4.78 is 0. The lowest BCUT2D eigenvalue weighted by Crippen LogP contribution is -2.48. The van der Waals surface area contributed by atoms with Crippen molar-refractivity contribution in [2.75, 3.05) is 0 Å². The van der Waals surface area contributed by atoms with Crippen LogP contribution in [0.1, 0.15) is 39.5 Å². The molecule has 1 saturated carbocycles. The molecule has 3 heteroatoms. The third kappa shape index (κ3) is 2.07. The first kappa shape index (κ1) is 11.8. The van der Waals surface area contributed by atoms with Crippen LogP contribution in [-0.2, 0) is 4.79 Å². The first-order chi connectivity index (χ1) is 8.55. The molecule has 3 aliphatic rings. The zero-order valence-corrected chi connectivity index (χ0v) is 11.1. The Balaban J connectivity index is 1.93.